The van der Waals surface area contributed by atoms with Crippen molar-refractivity contribution in [3.63, 3.8) is 0 Å². The Morgan fingerprint density at radius 2 is 2.00 bits per heavy atom. The summed E-state index contributed by atoms with van der Waals surface area (Å²) in [5.41, 5.74) is 1.73. The third-order valence-electron chi connectivity index (χ3n) is 4.18. The summed E-state index contributed by atoms with van der Waals surface area (Å²) in [6.07, 6.45) is 2.64. The van der Waals surface area contributed by atoms with Crippen LogP contribution in [0.2, 0.25) is 5.02 Å². The molecular weight excluding hydrogens is 326 g/mol. The van der Waals surface area contributed by atoms with Crippen LogP contribution < -0.4 is 9.47 Å². The number of halogens is 1. The number of hydrogen-bond donors (Lipinski definition) is 0. The first kappa shape index (κ1) is 18.7. The zero-order valence-corrected chi connectivity index (χ0v) is 15.5. The fourth-order valence-corrected chi connectivity index (χ4v) is 2.85. The highest BCUT2D eigenvalue weighted by atomic mass is 35.5. The van der Waals surface area contributed by atoms with Crippen molar-refractivity contribution < 1.29 is 14.3 Å². The second kappa shape index (κ2) is 8.43. The number of carbonyl (C=O) groups excluding carboxylic acids is 1. The number of carbonyl (C=O) groups is 1. The Labute approximate surface area is 149 Å². The van der Waals surface area contributed by atoms with Gasteiger partial charge in [0.2, 0.25) is 0 Å². The summed E-state index contributed by atoms with van der Waals surface area (Å²) >= 11 is 6.34. The van der Waals surface area contributed by atoms with Gasteiger partial charge in [-0.3, -0.25) is 4.79 Å². The standard InChI is InChI=1S/C19H26ClNO3/c1-13(2)7-10-24-18-16(20)11-15(12-17(18)23-4)19(22)21-8-5-14(3)6-9-21/h11-13H,3,5-10H2,1-2,4H3. The van der Waals surface area contributed by atoms with Crippen LogP contribution in [0.3, 0.4) is 0 Å². The Kier molecular flexibility index (Phi) is 6.55. The summed E-state index contributed by atoms with van der Waals surface area (Å²) in [6.45, 7) is 10.2. The van der Waals surface area contributed by atoms with Crippen molar-refractivity contribution in [3.05, 3.63) is 34.9 Å². The highest BCUT2D eigenvalue weighted by molar-refractivity contribution is 6.32. The van der Waals surface area contributed by atoms with Crippen molar-refractivity contribution in [1.29, 1.82) is 0 Å². The van der Waals surface area contributed by atoms with Crippen LogP contribution in [-0.2, 0) is 0 Å². The second-order valence-corrected chi connectivity index (χ2v) is 6.97. The van der Waals surface area contributed by atoms with Gasteiger partial charge in [0, 0.05) is 18.7 Å². The first-order valence-corrected chi connectivity index (χ1v) is 8.76. The lowest BCUT2D eigenvalue weighted by molar-refractivity contribution is 0.0743. The van der Waals surface area contributed by atoms with Crippen molar-refractivity contribution in [2.24, 2.45) is 5.92 Å². The highest BCUT2D eigenvalue weighted by Crippen LogP contribution is 2.37. The number of piperidine rings is 1. The number of hydrogen-bond acceptors (Lipinski definition) is 3. The second-order valence-electron chi connectivity index (χ2n) is 6.56. The Hall–Kier alpha value is -1.68. The quantitative estimate of drug-likeness (QED) is 0.705. The summed E-state index contributed by atoms with van der Waals surface area (Å²) < 4.78 is 11.2. The van der Waals surface area contributed by atoms with E-state index in [2.05, 4.69) is 20.4 Å². The number of amides is 1. The minimum Gasteiger partial charge on any atom is -0.493 e. The van der Waals surface area contributed by atoms with Gasteiger partial charge in [-0.05, 0) is 37.3 Å². The van der Waals surface area contributed by atoms with E-state index in [1.165, 1.54) is 5.57 Å². The van der Waals surface area contributed by atoms with Gasteiger partial charge >= 0.3 is 0 Å². The molecule has 132 valence electrons. The van der Waals surface area contributed by atoms with Crippen molar-refractivity contribution in [3.8, 4) is 11.5 Å². The number of rotatable bonds is 6. The van der Waals surface area contributed by atoms with Gasteiger partial charge in [0.05, 0.1) is 18.7 Å². The Morgan fingerprint density at radius 3 is 2.58 bits per heavy atom. The summed E-state index contributed by atoms with van der Waals surface area (Å²) in [5.74, 6) is 1.51. The normalized spacial score (nSPS) is 14.9. The average molecular weight is 352 g/mol. The predicted octanol–water partition coefficient (Wildman–Crippen LogP) is 4.57. The molecule has 0 aromatic heterocycles. The fraction of sp³-hybridized carbons (Fsp3) is 0.526. The predicted molar refractivity (Wildman–Crippen MR) is 97.2 cm³/mol. The molecule has 1 amide bonds. The average Bonchev–Trinajstić information content (AvgIpc) is 2.55. The van der Waals surface area contributed by atoms with Gasteiger partial charge in [-0.1, -0.05) is 37.6 Å². The zero-order chi connectivity index (χ0) is 17.7. The van der Waals surface area contributed by atoms with Gasteiger partial charge in [-0.2, -0.15) is 0 Å². The molecule has 0 bridgehead atoms. The molecule has 1 aromatic rings. The van der Waals surface area contributed by atoms with Gasteiger partial charge < -0.3 is 14.4 Å². The molecule has 24 heavy (non-hydrogen) atoms. The third-order valence-corrected chi connectivity index (χ3v) is 4.46. The molecule has 1 aromatic carbocycles. The molecule has 2 rings (SSSR count). The number of nitrogens with zero attached hydrogens (tertiary/aromatic N) is 1. The maximum Gasteiger partial charge on any atom is 0.254 e. The molecule has 0 saturated carbocycles. The first-order valence-electron chi connectivity index (χ1n) is 8.38. The van der Waals surface area contributed by atoms with E-state index < -0.39 is 0 Å². The minimum absolute atomic E-state index is 0.0311. The van der Waals surface area contributed by atoms with E-state index in [4.69, 9.17) is 21.1 Å². The van der Waals surface area contributed by atoms with Crippen LogP contribution in [0.5, 0.6) is 11.5 Å². The van der Waals surface area contributed by atoms with E-state index in [-0.39, 0.29) is 5.91 Å². The van der Waals surface area contributed by atoms with Gasteiger partial charge in [0.1, 0.15) is 0 Å². The number of ether oxygens (including phenoxy) is 2. The number of benzene rings is 1. The SMILES string of the molecule is C=C1CCN(C(=O)c2cc(Cl)c(OCCC(C)C)c(OC)c2)CC1. The largest absolute Gasteiger partial charge is 0.493 e. The van der Waals surface area contributed by atoms with Crippen LogP contribution in [0.25, 0.3) is 0 Å². The summed E-state index contributed by atoms with van der Waals surface area (Å²) in [5, 5.41) is 0.405. The van der Waals surface area contributed by atoms with E-state index in [0.29, 0.717) is 47.7 Å². The molecule has 0 spiro atoms. The lowest BCUT2D eigenvalue weighted by atomic mass is 10.0. The van der Waals surface area contributed by atoms with E-state index in [9.17, 15) is 4.79 Å². The molecule has 1 aliphatic heterocycles. The van der Waals surface area contributed by atoms with Gasteiger partial charge in [-0.25, -0.2) is 0 Å². The smallest absolute Gasteiger partial charge is 0.254 e. The van der Waals surface area contributed by atoms with Crippen molar-refractivity contribution in [2.75, 3.05) is 26.8 Å². The van der Waals surface area contributed by atoms with E-state index in [0.717, 1.165) is 19.3 Å². The lowest BCUT2D eigenvalue weighted by Crippen LogP contribution is -2.36. The molecule has 1 fully saturated rings. The lowest BCUT2D eigenvalue weighted by Gasteiger charge is -2.28. The topological polar surface area (TPSA) is 38.8 Å². The molecule has 0 radical (unpaired) electrons. The number of likely N-dealkylation sites (tertiary alicyclic amines) is 1. The fourth-order valence-electron chi connectivity index (χ4n) is 2.59. The molecule has 0 unspecified atom stereocenters. The van der Waals surface area contributed by atoms with Crippen LogP contribution in [0, 0.1) is 5.92 Å². The maximum absolute atomic E-state index is 12.7. The first-order chi connectivity index (χ1) is 11.4. The summed E-state index contributed by atoms with van der Waals surface area (Å²) in [7, 11) is 1.56. The molecular formula is C19H26ClNO3. The Bertz CT molecular complexity index is 603. The van der Waals surface area contributed by atoms with E-state index >= 15 is 0 Å². The molecule has 4 nitrogen and oxygen atoms in total. The van der Waals surface area contributed by atoms with Crippen molar-refractivity contribution >= 4 is 17.5 Å². The monoisotopic (exact) mass is 351 g/mol. The van der Waals surface area contributed by atoms with E-state index in [1.807, 2.05) is 4.90 Å². The van der Waals surface area contributed by atoms with Gasteiger partial charge in [0.25, 0.3) is 5.91 Å². The zero-order valence-electron chi connectivity index (χ0n) is 14.7. The van der Waals surface area contributed by atoms with Crippen LogP contribution in [0.15, 0.2) is 24.3 Å². The molecule has 1 heterocycles. The summed E-state index contributed by atoms with van der Waals surface area (Å²) in [4.78, 5) is 14.5. The molecule has 1 saturated heterocycles. The van der Waals surface area contributed by atoms with Crippen LogP contribution >= 0.6 is 11.6 Å². The van der Waals surface area contributed by atoms with Gasteiger partial charge in [0.15, 0.2) is 11.5 Å². The van der Waals surface area contributed by atoms with E-state index in [1.54, 1.807) is 19.2 Å². The van der Waals surface area contributed by atoms with Crippen LogP contribution in [0.4, 0.5) is 0 Å². The highest BCUT2D eigenvalue weighted by Gasteiger charge is 2.22. The molecule has 0 aliphatic carbocycles. The van der Waals surface area contributed by atoms with Gasteiger partial charge in [-0.15, -0.1) is 0 Å². The summed E-state index contributed by atoms with van der Waals surface area (Å²) in [6, 6.07) is 3.38. The Balaban J connectivity index is 2.15. The van der Waals surface area contributed by atoms with Crippen LogP contribution in [0.1, 0.15) is 43.5 Å². The third kappa shape index (κ3) is 4.67. The molecule has 5 heteroatoms. The van der Waals surface area contributed by atoms with Crippen molar-refractivity contribution in [1.82, 2.24) is 4.90 Å². The Morgan fingerprint density at radius 1 is 1.33 bits per heavy atom. The molecule has 1 aliphatic rings. The van der Waals surface area contributed by atoms with Crippen LogP contribution in [-0.4, -0.2) is 37.6 Å². The minimum atomic E-state index is -0.0311. The van der Waals surface area contributed by atoms with Crippen molar-refractivity contribution in [2.45, 2.75) is 33.1 Å². The number of methoxy groups -OCH3 is 1. The maximum atomic E-state index is 12.7. The molecule has 0 atom stereocenters. The molecule has 0 N–H and O–H groups in total.